The first-order chi connectivity index (χ1) is 10.7. The minimum absolute atomic E-state index is 0. The molecule has 1 fully saturated rings. The molecule has 14 heteroatoms. The van der Waals surface area contributed by atoms with E-state index in [9.17, 15) is 27.4 Å². The third-order valence-corrected chi connectivity index (χ3v) is 4.68. The van der Waals surface area contributed by atoms with E-state index < -0.39 is 34.1 Å². The van der Waals surface area contributed by atoms with Crippen LogP contribution in [0.25, 0.3) is 0 Å². The number of rotatable bonds is 6. The molecule has 2 rings (SSSR count). The van der Waals surface area contributed by atoms with Crippen LogP contribution in [-0.2, 0) is 31.1 Å². The minimum Gasteiger partial charge on any atom is -0.731 e. The number of nitrogens with one attached hydrogen (secondary N) is 2. The van der Waals surface area contributed by atoms with Gasteiger partial charge in [0.05, 0.1) is 18.7 Å². The van der Waals surface area contributed by atoms with Crippen LogP contribution in [0.15, 0.2) is 5.38 Å². The van der Waals surface area contributed by atoms with Crippen molar-refractivity contribution >= 4 is 56.1 Å². The largest absolute Gasteiger partial charge is 1.00 e. The van der Waals surface area contributed by atoms with Crippen LogP contribution in [0.3, 0.4) is 0 Å². The van der Waals surface area contributed by atoms with Gasteiger partial charge in [-0.1, -0.05) is 0 Å². The Balaban J connectivity index is 0.00000288. The van der Waals surface area contributed by atoms with E-state index in [4.69, 9.17) is 11.6 Å². The second kappa shape index (κ2) is 8.56. The van der Waals surface area contributed by atoms with Gasteiger partial charge in [-0.3, -0.25) is 14.4 Å². The topological polar surface area (TPSA) is 149 Å². The van der Waals surface area contributed by atoms with Crippen molar-refractivity contribution in [2.75, 3.05) is 17.7 Å². The number of carbonyl (C=O) groups excluding carboxylic acids is 3. The quantitative estimate of drug-likeness (QED) is 0.211. The number of alkyl halides is 1. The van der Waals surface area contributed by atoms with Gasteiger partial charge in [0.25, 0.3) is 5.91 Å². The van der Waals surface area contributed by atoms with E-state index in [0.717, 1.165) is 11.3 Å². The summed E-state index contributed by atoms with van der Waals surface area (Å²) in [6, 6.07) is -1.04. The van der Waals surface area contributed by atoms with Gasteiger partial charge in [-0.15, -0.1) is 22.9 Å². The Morgan fingerprint density at radius 3 is 2.67 bits per heavy atom. The van der Waals surface area contributed by atoms with Crippen LogP contribution in [0.4, 0.5) is 5.13 Å². The van der Waals surface area contributed by atoms with Crippen molar-refractivity contribution in [1.29, 1.82) is 0 Å². The predicted molar refractivity (Wildman–Crippen MR) is 78.5 cm³/mol. The van der Waals surface area contributed by atoms with Crippen molar-refractivity contribution in [3.05, 3.63) is 11.1 Å². The second-order valence-electron chi connectivity index (χ2n) is 4.45. The van der Waals surface area contributed by atoms with Gasteiger partial charge in [0.2, 0.25) is 11.8 Å². The van der Waals surface area contributed by atoms with E-state index in [2.05, 4.69) is 15.6 Å². The van der Waals surface area contributed by atoms with Crippen LogP contribution in [0.2, 0.25) is 0 Å². The zero-order valence-electron chi connectivity index (χ0n) is 12.3. The molecule has 10 nitrogen and oxygen atoms in total. The van der Waals surface area contributed by atoms with Crippen molar-refractivity contribution in [3.8, 4) is 0 Å². The first kappa shape index (κ1) is 21.3. The smallest absolute Gasteiger partial charge is 0.731 e. The summed E-state index contributed by atoms with van der Waals surface area (Å²) in [5, 5.41) is 6.54. The number of nitrogens with zero attached hydrogens (tertiary/aromatic N) is 2. The summed E-state index contributed by atoms with van der Waals surface area (Å²) in [4.78, 5) is 38.2. The first-order valence-corrected chi connectivity index (χ1v) is 8.85. The van der Waals surface area contributed by atoms with Crippen molar-refractivity contribution < 1.29 is 56.9 Å². The van der Waals surface area contributed by atoms with Gasteiger partial charge < -0.3 is 15.2 Å². The van der Waals surface area contributed by atoms with Crippen molar-refractivity contribution in [2.45, 2.75) is 12.5 Å². The minimum atomic E-state index is -4.83. The molecule has 3 amide bonds. The molecule has 1 aliphatic heterocycles. The number of thiazole rings is 1. The van der Waals surface area contributed by atoms with Gasteiger partial charge in [-0.05, 0) is 0 Å². The van der Waals surface area contributed by atoms with Gasteiger partial charge in [-0.2, -0.15) is 0 Å². The summed E-state index contributed by atoms with van der Waals surface area (Å²) in [6.45, 7) is -0.384. The molecular formula is C10H10ClN4NaO6S2. The number of anilines is 1. The average molecular weight is 405 g/mol. The van der Waals surface area contributed by atoms with Crippen LogP contribution in [-0.4, -0.2) is 58.4 Å². The fourth-order valence-electron chi connectivity index (χ4n) is 1.71. The molecule has 126 valence electrons. The maximum atomic E-state index is 11.8. The normalized spacial score (nSPS) is 16.8. The molecule has 1 saturated heterocycles. The molecule has 1 unspecified atom stereocenters. The Morgan fingerprint density at radius 2 is 2.12 bits per heavy atom. The Morgan fingerprint density at radius 1 is 1.46 bits per heavy atom. The Labute approximate surface area is 168 Å². The van der Waals surface area contributed by atoms with Crippen LogP contribution in [0.5, 0.6) is 0 Å². The Kier molecular flexibility index (Phi) is 7.59. The van der Waals surface area contributed by atoms with E-state index in [0.29, 0.717) is 5.69 Å². The van der Waals surface area contributed by atoms with Gasteiger partial charge in [-0.25, -0.2) is 17.7 Å². The van der Waals surface area contributed by atoms with E-state index >= 15 is 0 Å². The summed E-state index contributed by atoms with van der Waals surface area (Å²) < 4.78 is 32.1. The zero-order chi connectivity index (χ0) is 17.2. The van der Waals surface area contributed by atoms with Crippen molar-refractivity contribution in [3.63, 3.8) is 0 Å². The van der Waals surface area contributed by atoms with Crippen LogP contribution in [0, 0.1) is 0 Å². The second-order valence-corrected chi connectivity index (χ2v) is 6.87. The number of aromatic nitrogens is 1. The first-order valence-electron chi connectivity index (χ1n) is 6.07. The molecular weight excluding hydrogens is 395 g/mol. The summed E-state index contributed by atoms with van der Waals surface area (Å²) in [7, 11) is -4.83. The number of halogens is 1. The third-order valence-electron chi connectivity index (χ3n) is 2.76. The SMILES string of the molecule is O=C(CCl)Nc1nc(CC(=O)NC2CN(S(=O)(=O)[O-])C2=O)cs1.[Na+]. The molecule has 2 N–H and O–H groups in total. The molecule has 1 aromatic heterocycles. The maximum absolute atomic E-state index is 11.8. The molecule has 24 heavy (non-hydrogen) atoms. The average Bonchev–Trinajstić information content (AvgIpc) is 2.88. The molecule has 1 atom stereocenters. The molecule has 0 spiro atoms. The molecule has 0 aromatic carbocycles. The van der Waals surface area contributed by atoms with E-state index in [1.807, 2.05) is 0 Å². The van der Waals surface area contributed by atoms with E-state index in [1.54, 1.807) is 5.38 Å². The van der Waals surface area contributed by atoms with Gasteiger partial charge in [0, 0.05) is 5.38 Å². The Bertz CT molecular complexity index is 754. The number of amides is 3. The summed E-state index contributed by atoms with van der Waals surface area (Å²) in [5.41, 5.74) is 0.359. The molecule has 1 aromatic rings. The van der Waals surface area contributed by atoms with E-state index in [1.165, 1.54) is 0 Å². The van der Waals surface area contributed by atoms with Crippen molar-refractivity contribution in [2.24, 2.45) is 0 Å². The summed E-state index contributed by atoms with van der Waals surface area (Å²) >= 11 is 6.43. The van der Waals surface area contributed by atoms with Gasteiger partial charge >= 0.3 is 29.6 Å². The predicted octanol–water partition coefficient (Wildman–Crippen LogP) is -4.35. The molecule has 2 heterocycles. The Hall–Kier alpha value is -0.760. The fraction of sp³-hybridized carbons (Fsp3) is 0.400. The van der Waals surface area contributed by atoms with Gasteiger partial charge in [0.15, 0.2) is 15.4 Å². The summed E-state index contributed by atoms with van der Waals surface area (Å²) in [6.07, 6.45) is -0.166. The van der Waals surface area contributed by atoms with Crippen LogP contribution >= 0.6 is 22.9 Å². The standard InChI is InChI=1S/C10H11ClN4O6S2.Na/c11-2-8(17)14-10-12-5(4-22-10)1-7(16)13-6-3-15(9(6)18)23(19,20)21;/h4,6H,1-3H2,(H,13,16)(H,12,14,17)(H,19,20,21);/q;+1/p-1. The summed E-state index contributed by atoms with van der Waals surface area (Å²) in [5.74, 6) is -2.19. The molecule has 0 bridgehead atoms. The number of hydrogen-bond acceptors (Lipinski definition) is 8. The third kappa shape index (κ3) is 5.37. The molecule has 0 radical (unpaired) electrons. The fourth-order valence-corrected chi connectivity index (χ4v) is 3.18. The molecule has 0 aliphatic carbocycles. The van der Waals surface area contributed by atoms with Crippen LogP contribution in [0.1, 0.15) is 5.69 Å². The van der Waals surface area contributed by atoms with Crippen molar-refractivity contribution in [1.82, 2.24) is 14.6 Å². The number of carbonyl (C=O) groups is 3. The monoisotopic (exact) mass is 404 g/mol. The molecule has 0 saturated carbocycles. The van der Waals surface area contributed by atoms with Crippen LogP contribution < -0.4 is 40.2 Å². The number of hydrogen-bond donors (Lipinski definition) is 2. The molecule has 1 aliphatic rings. The number of β-lactam (4-membered cyclic amide) rings is 1. The maximum Gasteiger partial charge on any atom is 1.00 e. The van der Waals surface area contributed by atoms with Gasteiger partial charge in [0.1, 0.15) is 11.9 Å². The van der Waals surface area contributed by atoms with E-state index in [-0.39, 0.29) is 57.8 Å². The zero-order valence-corrected chi connectivity index (χ0v) is 16.7.